The zero-order valence-electron chi connectivity index (χ0n) is 13.7. The van der Waals surface area contributed by atoms with Crippen LogP contribution in [0.1, 0.15) is 52.9 Å². The summed E-state index contributed by atoms with van der Waals surface area (Å²) < 4.78 is 0. The molecule has 4 nitrogen and oxygen atoms in total. The number of amides is 1. The Morgan fingerprint density at radius 2 is 1.65 bits per heavy atom. The standard InChI is InChI=1S/C16H33N3O/c1-4-12-19(13-5-2)16(20)9-14-18(6-3)15-7-10-17-11-8-15/h15,17H,4-14H2,1-3H3. The van der Waals surface area contributed by atoms with E-state index in [0.717, 1.165) is 52.1 Å². The maximum atomic E-state index is 12.3. The first-order valence-corrected chi connectivity index (χ1v) is 8.45. The lowest BCUT2D eigenvalue weighted by atomic mass is 10.0. The molecule has 118 valence electrons. The third-order valence-corrected chi connectivity index (χ3v) is 4.18. The number of carbonyl (C=O) groups excluding carboxylic acids is 1. The highest BCUT2D eigenvalue weighted by Crippen LogP contribution is 2.12. The molecule has 0 atom stereocenters. The van der Waals surface area contributed by atoms with Gasteiger partial charge in [0.25, 0.3) is 0 Å². The molecular formula is C16H33N3O. The lowest BCUT2D eigenvalue weighted by Gasteiger charge is -2.34. The molecule has 20 heavy (non-hydrogen) atoms. The van der Waals surface area contributed by atoms with Crippen molar-refractivity contribution in [3.05, 3.63) is 0 Å². The van der Waals surface area contributed by atoms with Crippen molar-refractivity contribution in [3.63, 3.8) is 0 Å². The fourth-order valence-corrected chi connectivity index (χ4v) is 3.07. The topological polar surface area (TPSA) is 35.6 Å². The van der Waals surface area contributed by atoms with Crippen LogP contribution < -0.4 is 5.32 Å². The van der Waals surface area contributed by atoms with Crippen molar-refractivity contribution >= 4 is 5.91 Å². The van der Waals surface area contributed by atoms with E-state index in [1.165, 1.54) is 12.8 Å². The molecule has 1 rings (SSSR count). The van der Waals surface area contributed by atoms with Crippen LogP contribution in [0.3, 0.4) is 0 Å². The van der Waals surface area contributed by atoms with Crippen LogP contribution in [0, 0.1) is 0 Å². The molecule has 1 aliphatic heterocycles. The number of hydrogen-bond acceptors (Lipinski definition) is 3. The minimum atomic E-state index is 0.334. The first-order chi connectivity index (χ1) is 9.72. The van der Waals surface area contributed by atoms with Crippen molar-refractivity contribution in [2.45, 2.75) is 58.9 Å². The van der Waals surface area contributed by atoms with E-state index in [0.29, 0.717) is 18.4 Å². The summed E-state index contributed by atoms with van der Waals surface area (Å²) in [7, 11) is 0. The second-order valence-corrected chi connectivity index (χ2v) is 5.74. The third kappa shape index (κ3) is 5.80. The highest BCUT2D eigenvalue weighted by Gasteiger charge is 2.21. The number of rotatable bonds is 9. The SMILES string of the molecule is CCCN(CCC)C(=O)CCN(CC)C1CCNCC1. The molecule has 0 aromatic rings. The summed E-state index contributed by atoms with van der Waals surface area (Å²) >= 11 is 0. The number of hydrogen-bond donors (Lipinski definition) is 1. The zero-order valence-corrected chi connectivity index (χ0v) is 13.7. The normalized spacial score (nSPS) is 16.6. The predicted molar refractivity (Wildman–Crippen MR) is 84.9 cm³/mol. The molecule has 1 aliphatic rings. The summed E-state index contributed by atoms with van der Waals surface area (Å²) in [5.41, 5.74) is 0. The summed E-state index contributed by atoms with van der Waals surface area (Å²) in [6, 6.07) is 0.667. The maximum Gasteiger partial charge on any atom is 0.223 e. The van der Waals surface area contributed by atoms with E-state index in [9.17, 15) is 4.79 Å². The van der Waals surface area contributed by atoms with Crippen LogP contribution in [-0.4, -0.2) is 61.0 Å². The minimum Gasteiger partial charge on any atom is -0.343 e. The van der Waals surface area contributed by atoms with Gasteiger partial charge in [0.05, 0.1) is 0 Å². The molecule has 1 saturated heterocycles. The van der Waals surface area contributed by atoms with Gasteiger partial charge in [0.2, 0.25) is 5.91 Å². The molecule has 0 aromatic heterocycles. The van der Waals surface area contributed by atoms with Gasteiger partial charge >= 0.3 is 0 Å². The van der Waals surface area contributed by atoms with Gasteiger partial charge in [0.15, 0.2) is 0 Å². The molecule has 1 amide bonds. The molecular weight excluding hydrogens is 250 g/mol. The number of carbonyl (C=O) groups is 1. The smallest absolute Gasteiger partial charge is 0.223 e. The molecule has 0 aromatic carbocycles. The Bertz CT molecular complexity index is 258. The summed E-state index contributed by atoms with van der Waals surface area (Å²) in [4.78, 5) is 16.8. The fraction of sp³-hybridized carbons (Fsp3) is 0.938. The Kier molecular flexibility index (Phi) is 8.86. The van der Waals surface area contributed by atoms with Crippen LogP contribution in [0.15, 0.2) is 0 Å². The van der Waals surface area contributed by atoms with Crippen molar-refractivity contribution in [1.82, 2.24) is 15.1 Å². The molecule has 1 fully saturated rings. The van der Waals surface area contributed by atoms with E-state index in [4.69, 9.17) is 0 Å². The van der Waals surface area contributed by atoms with E-state index in [1.54, 1.807) is 0 Å². The van der Waals surface area contributed by atoms with E-state index in [1.807, 2.05) is 4.90 Å². The molecule has 0 bridgehead atoms. The average Bonchev–Trinajstić information content (AvgIpc) is 2.48. The van der Waals surface area contributed by atoms with Gasteiger partial charge in [-0.05, 0) is 45.3 Å². The Balaban J connectivity index is 2.39. The molecule has 1 N–H and O–H groups in total. The number of nitrogens with one attached hydrogen (secondary N) is 1. The van der Waals surface area contributed by atoms with Gasteiger partial charge in [-0.15, -0.1) is 0 Å². The Hall–Kier alpha value is -0.610. The lowest BCUT2D eigenvalue weighted by Crippen LogP contribution is -2.44. The minimum absolute atomic E-state index is 0.334. The molecule has 0 aliphatic carbocycles. The van der Waals surface area contributed by atoms with Crippen molar-refractivity contribution in [3.8, 4) is 0 Å². The van der Waals surface area contributed by atoms with Crippen LogP contribution in [0.25, 0.3) is 0 Å². The Morgan fingerprint density at radius 3 is 2.15 bits per heavy atom. The second kappa shape index (κ2) is 10.2. The van der Waals surface area contributed by atoms with Crippen LogP contribution >= 0.6 is 0 Å². The van der Waals surface area contributed by atoms with Crippen molar-refractivity contribution in [1.29, 1.82) is 0 Å². The van der Waals surface area contributed by atoms with Gasteiger partial charge in [-0.1, -0.05) is 20.8 Å². The van der Waals surface area contributed by atoms with Gasteiger partial charge < -0.3 is 15.1 Å². The number of nitrogens with zero attached hydrogens (tertiary/aromatic N) is 2. The lowest BCUT2D eigenvalue weighted by molar-refractivity contribution is -0.131. The summed E-state index contributed by atoms with van der Waals surface area (Å²) in [5, 5.41) is 3.41. The second-order valence-electron chi connectivity index (χ2n) is 5.74. The largest absolute Gasteiger partial charge is 0.343 e. The first-order valence-electron chi connectivity index (χ1n) is 8.45. The van der Waals surface area contributed by atoms with Crippen LogP contribution in [-0.2, 0) is 4.79 Å². The quantitative estimate of drug-likeness (QED) is 0.704. The Labute approximate surface area is 124 Å². The molecule has 0 spiro atoms. The van der Waals surface area contributed by atoms with E-state index < -0.39 is 0 Å². The van der Waals surface area contributed by atoms with Gasteiger partial charge in [-0.2, -0.15) is 0 Å². The van der Waals surface area contributed by atoms with Gasteiger partial charge in [-0.25, -0.2) is 0 Å². The van der Waals surface area contributed by atoms with Crippen molar-refractivity contribution in [2.24, 2.45) is 0 Å². The van der Waals surface area contributed by atoms with Crippen LogP contribution in [0.4, 0.5) is 0 Å². The molecule has 1 heterocycles. The van der Waals surface area contributed by atoms with E-state index in [2.05, 4.69) is 31.0 Å². The van der Waals surface area contributed by atoms with Gasteiger partial charge in [-0.3, -0.25) is 4.79 Å². The first kappa shape index (κ1) is 17.4. The molecule has 0 saturated carbocycles. The van der Waals surface area contributed by atoms with Crippen LogP contribution in [0.5, 0.6) is 0 Å². The molecule has 0 radical (unpaired) electrons. The van der Waals surface area contributed by atoms with E-state index in [-0.39, 0.29) is 0 Å². The highest BCUT2D eigenvalue weighted by atomic mass is 16.2. The molecule has 0 unspecified atom stereocenters. The maximum absolute atomic E-state index is 12.3. The average molecular weight is 283 g/mol. The van der Waals surface area contributed by atoms with Gasteiger partial charge in [0, 0.05) is 32.1 Å². The summed E-state index contributed by atoms with van der Waals surface area (Å²) in [5.74, 6) is 0.334. The summed E-state index contributed by atoms with van der Waals surface area (Å²) in [6.45, 7) is 12.5. The van der Waals surface area contributed by atoms with Crippen LogP contribution in [0.2, 0.25) is 0 Å². The zero-order chi connectivity index (χ0) is 14.8. The fourth-order valence-electron chi connectivity index (χ4n) is 3.07. The predicted octanol–water partition coefficient (Wildman–Crippen LogP) is 2.10. The Morgan fingerprint density at radius 1 is 1.05 bits per heavy atom. The van der Waals surface area contributed by atoms with Gasteiger partial charge in [0.1, 0.15) is 0 Å². The third-order valence-electron chi connectivity index (χ3n) is 4.18. The number of piperidine rings is 1. The van der Waals surface area contributed by atoms with Crippen molar-refractivity contribution < 1.29 is 4.79 Å². The summed E-state index contributed by atoms with van der Waals surface area (Å²) in [6.07, 6.45) is 5.22. The highest BCUT2D eigenvalue weighted by molar-refractivity contribution is 5.76. The molecule has 4 heteroatoms. The van der Waals surface area contributed by atoms with E-state index >= 15 is 0 Å². The van der Waals surface area contributed by atoms with Crippen molar-refractivity contribution in [2.75, 3.05) is 39.3 Å². The monoisotopic (exact) mass is 283 g/mol.